The van der Waals surface area contributed by atoms with E-state index in [-0.39, 0.29) is 5.82 Å². The Morgan fingerprint density at radius 2 is 1.73 bits per heavy atom. The van der Waals surface area contributed by atoms with Gasteiger partial charge in [0, 0.05) is 17.7 Å². The van der Waals surface area contributed by atoms with Crippen LogP contribution in [0.2, 0.25) is 0 Å². The minimum Gasteiger partial charge on any atom is -0.207 e. The number of halogens is 1. The average molecular weight is 202 g/mol. The molecular weight excluding hydrogens is 189 g/mol. The van der Waals surface area contributed by atoms with E-state index in [1.54, 1.807) is 12.4 Å². The van der Waals surface area contributed by atoms with Crippen molar-refractivity contribution in [1.29, 1.82) is 0 Å². The van der Waals surface area contributed by atoms with E-state index in [9.17, 15) is 4.39 Å². The molecule has 2 rings (SSSR count). The van der Waals surface area contributed by atoms with Gasteiger partial charge >= 0.3 is 0 Å². The fourth-order valence-electron chi connectivity index (χ4n) is 1.53. The van der Waals surface area contributed by atoms with Crippen molar-refractivity contribution in [3.8, 4) is 0 Å². The molecule has 0 amide bonds. The fraction of sp³-hybridized carbons (Fsp3) is 0.154. The summed E-state index contributed by atoms with van der Waals surface area (Å²) < 4.78 is 14.7. The predicted molar refractivity (Wildman–Crippen MR) is 56.9 cm³/mol. The van der Waals surface area contributed by atoms with Crippen molar-refractivity contribution in [2.45, 2.75) is 13.5 Å². The molecule has 0 aliphatic carbocycles. The van der Waals surface area contributed by atoms with Crippen LogP contribution in [0.3, 0.4) is 0 Å². The number of benzene rings is 1. The van der Waals surface area contributed by atoms with Gasteiger partial charge < -0.3 is 0 Å². The molecule has 76 valence electrons. The molecular formula is C13H13FN+. The lowest BCUT2D eigenvalue weighted by atomic mass is 10.1. The molecule has 0 aliphatic rings. The van der Waals surface area contributed by atoms with Crippen LogP contribution in [0.25, 0.3) is 0 Å². The van der Waals surface area contributed by atoms with E-state index in [0.717, 1.165) is 6.54 Å². The van der Waals surface area contributed by atoms with Crippen molar-refractivity contribution in [2.24, 2.45) is 0 Å². The van der Waals surface area contributed by atoms with Gasteiger partial charge in [0.05, 0.1) is 0 Å². The number of hydrogen-bond donors (Lipinski definition) is 0. The van der Waals surface area contributed by atoms with Crippen LogP contribution in [0.15, 0.2) is 48.8 Å². The molecule has 1 heterocycles. The van der Waals surface area contributed by atoms with Gasteiger partial charge in [0.2, 0.25) is 0 Å². The van der Waals surface area contributed by atoms with Crippen LogP contribution in [0.4, 0.5) is 4.39 Å². The van der Waals surface area contributed by atoms with Gasteiger partial charge in [-0.1, -0.05) is 24.3 Å². The second kappa shape index (κ2) is 4.22. The number of aromatic nitrogens is 1. The van der Waals surface area contributed by atoms with E-state index < -0.39 is 0 Å². The van der Waals surface area contributed by atoms with E-state index in [0.29, 0.717) is 0 Å². The first-order valence-electron chi connectivity index (χ1n) is 4.95. The molecule has 0 fully saturated rings. The normalized spacial score (nSPS) is 10.3. The van der Waals surface area contributed by atoms with Crippen molar-refractivity contribution in [3.63, 3.8) is 0 Å². The zero-order valence-corrected chi connectivity index (χ0v) is 8.65. The smallest absolute Gasteiger partial charge is 0.174 e. The quantitative estimate of drug-likeness (QED) is 0.659. The van der Waals surface area contributed by atoms with Crippen molar-refractivity contribution in [3.05, 3.63) is 65.7 Å². The molecule has 0 saturated carbocycles. The molecule has 15 heavy (non-hydrogen) atoms. The van der Waals surface area contributed by atoms with Crippen LogP contribution in [0.5, 0.6) is 0 Å². The SMILES string of the molecule is Cc1ccccc1C[n+]1ccc(F)cc1. The van der Waals surface area contributed by atoms with Gasteiger partial charge in [0.25, 0.3) is 0 Å². The molecule has 0 N–H and O–H groups in total. The lowest BCUT2D eigenvalue weighted by Gasteiger charge is -2.01. The Bertz CT molecular complexity index is 448. The van der Waals surface area contributed by atoms with Gasteiger partial charge in [0.15, 0.2) is 18.9 Å². The molecule has 1 aromatic carbocycles. The van der Waals surface area contributed by atoms with Crippen molar-refractivity contribution in [1.82, 2.24) is 0 Å². The van der Waals surface area contributed by atoms with Gasteiger partial charge in [-0.15, -0.1) is 0 Å². The summed E-state index contributed by atoms with van der Waals surface area (Å²) in [4.78, 5) is 0. The first-order valence-corrected chi connectivity index (χ1v) is 4.95. The van der Waals surface area contributed by atoms with E-state index >= 15 is 0 Å². The van der Waals surface area contributed by atoms with Gasteiger partial charge in [-0.25, -0.2) is 8.96 Å². The molecule has 0 bridgehead atoms. The van der Waals surface area contributed by atoms with E-state index in [4.69, 9.17) is 0 Å². The topological polar surface area (TPSA) is 3.88 Å². The molecule has 0 radical (unpaired) electrons. The minimum atomic E-state index is -0.198. The second-order valence-electron chi connectivity index (χ2n) is 3.62. The van der Waals surface area contributed by atoms with Crippen LogP contribution in [0.1, 0.15) is 11.1 Å². The van der Waals surface area contributed by atoms with Gasteiger partial charge in [-0.3, -0.25) is 0 Å². The van der Waals surface area contributed by atoms with E-state index in [1.807, 2.05) is 16.7 Å². The number of nitrogens with zero attached hydrogens (tertiary/aromatic N) is 1. The number of aryl methyl sites for hydroxylation is 1. The highest BCUT2D eigenvalue weighted by molar-refractivity contribution is 5.24. The number of rotatable bonds is 2. The summed E-state index contributed by atoms with van der Waals surface area (Å²) in [7, 11) is 0. The Labute approximate surface area is 88.8 Å². The Balaban J connectivity index is 2.22. The molecule has 0 saturated heterocycles. The maximum atomic E-state index is 12.7. The lowest BCUT2D eigenvalue weighted by Crippen LogP contribution is -2.33. The summed E-state index contributed by atoms with van der Waals surface area (Å²) in [5.74, 6) is -0.198. The molecule has 0 unspecified atom stereocenters. The predicted octanol–water partition coefficient (Wildman–Crippen LogP) is 2.47. The molecule has 2 heteroatoms. The van der Waals surface area contributed by atoms with Gasteiger partial charge in [-0.05, 0) is 12.5 Å². The Hall–Kier alpha value is -1.70. The highest BCUT2D eigenvalue weighted by Gasteiger charge is 2.04. The first-order chi connectivity index (χ1) is 7.25. The van der Waals surface area contributed by atoms with E-state index in [2.05, 4.69) is 19.1 Å². The van der Waals surface area contributed by atoms with Crippen molar-refractivity contribution in [2.75, 3.05) is 0 Å². The van der Waals surface area contributed by atoms with Crippen molar-refractivity contribution >= 4 is 0 Å². The third kappa shape index (κ3) is 2.40. The van der Waals surface area contributed by atoms with Crippen LogP contribution < -0.4 is 4.57 Å². The summed E-state index contributed by atoms with van der Waals surface area (Å²) in [6.07, 6.45) is 3.50. The summed E-state index contributed by atoms with van der Waals surface area (Å²) >= 11 is 0. The summed E-state index contributed by atoms with van der Waals surface area (Å²) in [5, 5.41) is 0. The zero-order chi connectivity index (χ0) is 10.7. The average Bonchev–Trinajstić information content (AvgIpc) is 2.25. The molecule has 0 atom stereocenters. The second-order valence-corrected chi connectivity index (χ2v) is 3.62. The highest BCUT2D eigenvalue weighted by Crippen LogP contribution is 2.05. The van der Waals surface area contributed by atoms with Gasteiger partial charge in [-0.2, -0.15) is 0 Å². The summed E-state index contributed by atoms with van der Waals surface area (Å²) in [6, 6.07) is 11.2. The Morgan fingerprint density at radius 3 is 2.40 bits per heavy atom. The summed E-state index contributed by atoms with van der Waals surface area (Å²) in [6.45, 7) is 2.87. The third-order valence-electron chi connectivity index (χ3n) is 2.46. The fourth-order valence-corrected chi connectivity index (χ4v) is 1.53. The maximum Gasteiger partial charge on any atom is 0.174 e. The molecule has 0 aliphatic heterocycles. The molecule has 1 nitrogen and oxygen atoms in total. The third-order valence-corrected chi connectivity index (χ3v) is 2.46. The monoisotopic (exact) mass is 202 g/mol. The maximum absolute atomic E-state index is 12.7. The lowest BCUT2D eigenvalue weighted by molar-refractivity contribution is -0.688. The van der Waals surface area contributed by atoms with Crippen LogP contribution >= 0.6 is 0 Å². The first kappa shape index (κ1) is 9.84. The molecule has 2 aromatic rings. The Kier molecular flexibility index (Phi) is 2.77. The van der Waals surface area contributed by atoms with Crippen LogP contribution in [-0.2, 0) is 6.54 Å². The van der Waals surface area contributed by atoms with Gasteiger partial charge in [0.1, 0.15) is 5.82 Å². The van der Waals surface area contributed by atoms with Crippen LogP contribution in [-0.4, -0.2) is 0 Å². The molecule has 0 spiro atoms. The number of hydrogen-bond acceptors (Lipinski definition) is 0. The molecule has 1 aromatic heterocycles. The van der Waals surface area contributed by atoms with E-state index in [1.165, 1.54) is 23.3 Å². The highest BCUT2D eigenvalue weighted by atomic mass is 19.1. The minimum absolute atomic E-state index is 0.198. The van der Waals surface area contributed by atoms with Crippen LogP contribution in [0, 0.1) is 12.7 Å². The zero-order valence-electron chi connectivity index (χ0n) is 8.65. The largest absolute Gasteiger partial charge is 0.207 e. The standard InChI is InChI=1S/C13H13FN/c1-11-4-2-3-5-12(11)10-15-8-6-13(14)7-9-15/h2-9H,10H2,1H3/q+1. The van der Waals surface area contributed by atoms with Crippen molar-refractivity contribution < 1.29 is 8.96 Å². The summed E-state index contributed by atoms with van der Waals surface area (Å²) in [5.41, 5.74) is 2.52. The number of pyridine rings is 1. The Morgan fingerprint density at radius 1 is 1.07 bits per heavy atom.